The van der Waals surface area contributed by atoms with Crippen molar-refractivity contribution in [2.45, 2.75) is 65.5 Å². The summed E-state index contributed by atoms with van der Waals surface area (Å²) in [6.07, 6.45) is 5.60. The Morgan fingerprint density at radius 3 is 2.71 bits per heavy atom. The van der Waals surface area contributed by atoms with Gasteiger partial charge in [0.2, 0.25) is 0 Å². The Morgan fingerprint density at radius 2 is 2.00 bits per heavy atom. The van der Waals surface area contributed by atoms with Gasteiger partial charge in [-0.15, -0.1) is 0 Å². The van der Waals surface area contributed by atoms with Gasteiger partial charge in [-0.2, -0.15) is 0 Å². The highest BCUT2D eigenvalue weighted by molar-refractivity contribution is 4.90. The van der Waals surface area contributed by atoms with Crippen LogP contribution in [0.1, 0.15) is 53.4 Å². The number of nitrogens with one attached hydrogen (secondary N) is 1. The molecule has 2 nitrogen and oxygen atoms in total. The molecule has 0 aromatic rings. The van der Waals surface area contributed by atoms with Crippen LogP contribution in [-0.4, -0.2) is 36.6 Å². The van der Waals surface area contributed by atoms with E-state index in [0.29, 0.717) is 5.41 Å². The molecule has 2 atom stereocenters. The molecule has 17 heavy (non-hydrogen) atoms. The monoisotopic (exact) mass is 238 g/mol. The lowest BCUT2D eigenvalue weighted by Gasteiger charge is -2.38. The first-order valence-corrected chi connectivity index (χ1v) is 7.46. The molecule has 0 saturated carbocycles. The average Bonchev–Trinajstić information content (AvgIpc) is 2.73. The summed E-state index contributed by atoms with van der Waals surface area (Å²) >= 11 is 0. The first-order chi connectivity index (χ1) is 7.99. The zero-order chi connectivity index (χ0) is 12.5. The van der Waals surface area contributed by atoms with Crippen molar-refractivity contribution in [3.05, 3.63) is 0 Å². The first-order valence-electron chi connectivity index (χ1n) is 7.46. The fourth-order valence-electron chi connectivity index (χ4n) is 3.02. The SMILES string of the molecule is CC(C)C(C)(C)CNC1CCN2CCCC2C1. The van der Waals surface area contributed by atoms with Crippen molar-refractivity contribution in [2.24, 2.45) is 11.3 Å². The number of piperidine rings is 1. The fourth-order valence-corrected chi connectivity index (χ4v) is 3.02. The van der Waals surface area contributed by atoms with Gasteiger partial charge in [0.05, 0.1) is 0 Å². The van der Waals surface area contributed by atoms with Crippen LogP contribution in [0.25, 0.3) is 0 Å². The molecular formula is C15H30N2. The lowest BCUT2D eigenvalue weighted by Crippen LogP contribution is -2.48. The normalized spacial score (nSPS) is 30.9. The van der Waals surface area contributed by atoms with Crippen LogP contribution in [-0.2, 0) is 0 Å². The van der Waals surface area contributed by atoms with Gasteiger partial charge in [-0.3, -0.25) is 0 Å². The van der Waals surface area contributed by atoms with E-state index in [1.54, 1.807) is 0 Å². The summed E-state index contributed by atoms with van der Waals surface area (Å²) in [6.45, 7) is 13.3. The Bertz CT molecular complexity index is 247. The molecule has 2 unspecified atom stereocenters. The summed E-state index contributed by atoms with van der Waals surface area (Å²) in [5.74, 6) is 0.751. The minimum atomic E-state index is 0.423. The zero-order valence-corrected chi connectivity index (χ0v) is 12.1. The molecule has 0 aromatic carbocycles. The Labute approximate surface area is 107 Å². The first kappa shape index (κ1) is 13.4. The van der Waals surface area contributed by atoms with Crippen molar-refractivity contribution in [3.63, 3.8) is 0 Å². The number of fused-ring (bicyclic) bond motifs is 1. The molecule has 0 radical (unpaired) electrons. The highest BCUT2D eigenvalue weighted by Gasteiger charge is 2.32. The zero-order valence-electron chi connectivity index (χ0n) is 12.1. The quantitative estimate of drug-likeness (QED) is 0.810. The summed E-state index contributed by atoms with van der Waals surface area (Å²) in [6, 6.07) is 1.66. The molecule has 2 heteroatoms. The van der Waals surface area contributed by atoms with E-state index < -0.39 is 0 Å². The van der Waals surface area contributed by atoms with E-state index in [1.165, 1.54) is 45.3 Å². The Morgan fingerprint density at radius 1 is 1.24 bits per heavy atom. The molecule has 2 saturated heterocycles. The van der Waals surface area contributed by atoms with Crippen LogP contribution in [0.5, 0.6) is 0 Å². The molecule has 2 aliphatic rings. The van der Waals surface area contributed by atoms with Crippen molar-refractivity contribution in [2.75, 3.05) is 19.6 Å². The van der Waals surface area contributed by atoms with Crippen molar-refractivity contribution in [1.82, 2.24) is 10.2 Å². The number of hydrogen-bond donors (Lipinski definition) is 1. The minimum Gasteiger partial charge on any atom is -0.313 e. The molecule has 0 spiro atoms. The molecule has 0 bridgehead atoms. The lowest BCUT2D eigenvalue weighted by molar-refractivity contribution is 0.150. The van der Waals surface area contributed by atoms with Crippen LogP contribution in [0.3, 0.4) is 0 Å². The smallest absolute Gasteiger partial charge is 0.0111 e. The average molecular weight is 238 g/mol. The van der Waals surface area contributed by atoms with E-state index >= 15 is 0 Å². The van der Waals surface area contributed by atoms with E-state index in [1.807, 2.05) is 0 Å². The minimum absolute atomic E-state index is 0.423. The third-order valence-corrected chi connectivity index (χ3v) is 5.23. The molecule has 1 N–H and O–H groups in total. The predicted molar refractivity (Wildman–Crippen MR) is 74.2 cm³/mol. The Balaban J connectivity index is 1.77. The van der Waals surface area contributed by atoms with E-state index in [2.05, 4.69) is 37.9 Å². The second-order valence-corrected chi connectivity index (χ2v) is 7.08. The summed E-state index contributed by atoms with van der Waals surface area (Å²) in [5.41, 5.74) is 0.423. The van der Waals surface area contributed by atoms with Crippen LogP contribution in [0.4, 0.5) is 0 Å². The van der Waals surface area contributed by atoms with E-state index in [4.69, 9.17) is 0 Å². The van der Waals surface area contributed by atoms with Crippen molar-refractivity contribution >= 4 is 0 Å². The standard InChI is InChI=1S/C15H30N2/c1-12(2)15(3,4)11-16-13-7-9-17-8-5-6-14(17)10-13/h12-14,16H,5-11H2,1-4H3. The maximum atomic E-state index is 3.83. The van der Waals surface area contributed by atoms with Gasteiger partial charge in [0.25, 0.3) is 0 Å². The summed E-state index contributed by atoms with van der Waals surface area (Å²) < 4.78 is 0. The van der Waals surface area contributed by atoms with Gasteiger partial charge in [0.1, 0.15) is 0 Å². The van der Waals surface area contributed by atoms with Crippen molar-refractivity contribution in [1.29, 1.82) is 0 Å². The maximum absolute atomic E-state index is 3.83. The molecular weight excluding hydrogens is 208 g/mol. The van der Waals surface area contributed by atoms with Gasteiger partial charge in [0, 0.05) is 18.6 Å². The molecule has 0 aromatic heterocycles. The van der Waals surface area contributed by atoms with Gasteiger partial charge in [-0.05, 0) is 50.1 Å². The Kier molecular flexibility index (Phi) is 4.14. The number of hydrogen-bond acceptors (Lipinski definition) is 2. The maximum Gasteiger partial charge on any atom is 0.0111 e. The van der Waals surface area contributed by atoms with Crippen molar-refractivity contribution < 1.29 is 0 Å². The molecule has 2 fully saturated rings. The largest absolute Gasteiger partial charge is 0.313 e. The van der Waals surface area contributed by atoms with Crippen LogP contribution in [0.15, 0.2) is 0 Å². The summed E-state index contributed by atoms with van der Waals surface area (Å²) in [5, 5.41) is 3.83. The van der Waals surface area contributed by atoms with Crippen LogP contribution in [0.2, 0.25) is 0 Å². The predicted octanol–water partition coefficient (Wildman–Crippen LogP) is 2.89. The van der Waals surface area contributed by atoms with Gasteiger partial charge in [-0.1, -0.05) is 27.7 Å². The molecule has 2 heterocycles. The topological polar surface area (TPSA) is 15.3 Å². The van der Waals surface area contributed by atoms with Gasteiger partial charge in [-0.25, -0.2) is 0 Å². The van der Waals surface area contributed by atoms with Crippen LogP contribution in [0, 0.1) is 11.3 Å². The summed E-state index contributed by atoms with van der Waals surface area (Å²) in [4.78, 5) is 2.70. The van der Waals surface area contributed by atoms with E-state index in [-0.39, 0.29) is 0 Å². The fraction of sp³-hybridized carbons (Fsp3) is 1.00. The summed E-state index contributed by atoms with van der Waals surface area (Å²) in [7, 11) is 0. The third kappa shape index (κ3) is 3.23. The van der Waals surface area contributed by atoms with Gasteiger partial charge >= 0.3 is 0 Å². The number of nitrogens with zero attached hydrogens (tertiary/aromatic N) is 1. The molecule has 2 rings (SSSR count). The highest BCUT2D eigenvalue weighted by Crippen LogP contribution is 2.29. The van der Waals surface area contributed by atoms with Gasteiger partial charge in [0.15, 0.2) is 0 Å². The lowest BCUT2D eigenvalue weighted by atomic mass is 9.81. The van der Waals surface area contributed by atoms with E-state index in [0.717, 1.165) is 18.0 Å². The van der Waals surface area contributed by atoms with Crippen LogP contribution >= 0.6 is 0 Å². The third-order valence-electron chi connectivity index (χ3n) is 5.23. The van der Waals surface area contributed by atoms with E-state index in [9.17, 15) is 0 Å². The molecule has 100 valence electrons. The highest BCUT2D eigenvalue weighted by atomic mass is 15.2. The number of rotatable bonds is 4. The molecule has 2 aliphatic heterocycles. The van der Waals surface area contributed by atoms with Crippen LogP contribution < -0.4 is 5.32 Å². The second-order valence-electron chi connectivity index (χ2n) is 7.08. The Hall–Kier alpha value is -0.0800. The molecule has 0 aliphatic carbocycles. The van der Waals surface area contributed by atoms with Gasteiger partial charge < -0.3 is 10.2 Å². The second kappa shape index (κ2) is 5.27. The molecule has 0 amide bonds. The van der Waals surface area contributed by atoms with Crippen molar-refractivity contribution in [3.8, 4) is 0 Å².